The van der Waals surface area contributed by atoms with Crippen LogP contribution in [-0.4, -0.2) is 9.13 Å². The van der Waals surface area contributed by atoms with Gasteiger partial charge in [-0.1, -0.05) is 5.92 Å². The Kier molecular flexibility index (Phi) is 2.15. The fourth-order valence-electron chi connectivity index (χ4n) is 0.851. The largest absolute Gasteiger partial charge is 0.331 e. The molecule has 0 N–H and O–H groups in total. The Balaban J connectivity index is 3.46. The topological polar surface area (TPSA) is 44.0 Å². The fraction of sp³-hybridized carbons (Fsp3) is 0.250. The minimum atomic E-state index is -0.388. The minimum absolute atomic E-state index is 0.0202. The van der Waals surface area contributed by atoms with Crippen molar-refractivity contribution in [1.29, 1.82) is 0 Å². The van der Waals surface area contributed by atoms with E-state index in [1.54, 1.807) is 7.05 Å². The van der Waals surface area contributed by atoms with Crippen molar-refractivity contribution in [2.24, 2.45) is 7.05 Å². The van der Waals surface area contributed by atoms with Gasteiger partial charge in [-0.25, -0.2) is 9.36 Å². The Morgan fingerprint density at radius 3 is 2.83 bits per heavy atom. The first-order chi connectivity index (χ1) is 5.66. The summed E-state index contributed by atoms with van der Waals surface area (Å²) in [7, 11) is 1.56. The SMILES string of the molecule is C#CCn1c(=O)ccn(C)c1=O. The molecule has 0 aliphatic heterocycles. The third kappa shape index (κ3) is 1.30. The van der Waals surface area contributed by atoms with E-state index >= 15 is 0 Å². The van der Waals surface area contributed by atoms with Crippen molar-refractivity contribution in [1.82, 2.24) is 9.13 Å². The predicted molar refractivity (Wildman–Crippen MR) is 44.8 cm³/mol. The van der Waals surface area contributed by atoms with E-state index in [4.69, 9.17) is 6.42 Å². The second kappa shape index (κ2) is 3.09. The van der Waals surface area contributed by atoms with Crippen LogP contribution in [0.5, 0.6) is 0 Å². The zero-order valence-corrected chi connectivity index (χ0v) is 6.65. The molecule has 1 aromatic rings. The van der Waals surface area contributed by atoms with E-state index in [1.165, 1.54) is 16.8 Å². The van der Waals surface area contributed by atoms with Crippen LogP contribution in [0.2, 0.25) is 0 Å². The highest BCUT2D eigenvalue weighted by Crippen LogP contribution is 1.72. The first-order valence-corrected chi connectivity index (χ1v) is 3.36. The summed E-state index contributed by atoms with van der Waals surface area (Å²) >= 11 is 0. The quantitative estimate of drug-likeness (QED) is 0.509. The van der Waals surface area contributed by atoms with Gasteiger partial charge in [0.1, 0.15) is 0 Å². The normalized spacial score (nSPS) is 9.33. The lowest BCUT2D eigenvalue weighted by atomic mass is 10.5. The summed E-state index contributed by atoms with van der Waals surface area (Å²) in [5, 5.41) is 0. The Morgan fingerprint density at radius 1 is 1.58 bits per heavy atom. The van der Waals surface area contributed by atoms with Crippen molar-refractivity contribution >= 4 is 0 Å². The lowest BCUT2D eigenvalue weighted by Gasteiger charge is -2.00. The molecular weight excluding hydrogens is 156 g/mol. The van der Waals surface area contributed by atoms with Crippen molar-refractivity contribution in [3.63, 3.8) is 0 Å². The van der Waals surface area contributed by atoms with E-state index in [-0.39, 0.29) is 17.8 Å². The van der Waals surface area contributed by atoms with E-state index < -0.39 is 0 Å². The van der Waals surface area contributed by atoms with Crippen LogP contribution in [0, 0.1) is 12.3 Å². The van der Waals surface area contributed by atoms with Crippen LogP contribution in [0.4, 0.5) is 0 Å². The molecule has 0 aromatic carbocycles. The van der Waals surface area contributed by atoms with Crippen molar-refractivity contribution in [3.05, 3.63) is 33.1 Å². The summed E-state index contributed by atoms with van der Waals surface area (Å²) < 4.78 is 2.30. The summed E-state index contributed by atoms with van der Waals surface area (Å²) in [5.41, 5.74) is -0.753. The molecule has 62 valence electrons. The Bertz CT molecular complexity index is 434. The fourth-order valence-corrected chi connectivity index (χ4v) is 0.851. The summed E-state index contributed by atoms with van der Waals surface area (Å²) in [4.78, 5) is 22.2. The number of nitrogens with zero attached hydrogens (tertiary/aromatic N) is 2. The van der Waals surface area contributed by atoms with Crippen LogP contribution in [0.3, 0.4) is 0 Å². The Hall–Kier alpha value is -1.76. The molecule has 0 aliphatic rings. The molecule has 0 saturated carbocycles. The Morgan fingerprint density at radius 2 is 2.25 bits per heavy atom. The monoisotopic (exact) mass is 164 g/mol. The van der Waals surface area contributed by atoms with Gasteiger partial charge in [-0.3, -0.25) is 4.79 Å². The van der Waals surface area contributed by atoms with Crippen molar-refractivity contribution in [2.45, 2.75) is 6.54 Å². The molecule has 0 radical (unpaired) electrons. The van der Waals surface area contributed by atoms with Crippen molar-refractivity contribution in [2.75, 3.05) is 0 Å². The summed E-state index contributed by atoms with van der Waals surface area (Å²) in [6, 6.07) is 1.30. The molecule has 4 heteroatoms. The third-order valence-corrected chi connectivity index (χ3v) is 1.49. The van der Waals surface area contributed by atoms with Crippen LogP contribution in [0.15, 0.2) is 21.9 Å². The van der Waals surface area contributed by atoms with E-state index in [1.807, 2.05) is 0 Å². The molecule has 0 atom stereocenters. The van der Waals surface area contributed by atoms with E-state index in [0.717, 1.165) is 4.57 Å². The van der Waals surface area contributed by atoms with Gasteiger partial charge < -0.3 is 4.57 Å². The molecule has 4 nitrogen and oxygen atoms in total. The van der Waals surface area contributed by atoms with Crippen LogP contribution in [0.1, 0.15) is 0 Å². The van der Waals surface area contributed by atoms with E-state index in [2.05, 4.69) is 5.92 Å². The molecule has 1 heterocycles. The average molecular weight is 164 g/mol. The molecule has 1 rings (SSSR count). The van der Waals surface area contributed by atoms with Gasteiger partial charge in [0.2, 0.25) is 0 Å². The average Bonchev–Trinajstić information content (AvgIpc) is 2.06. The molecular formula is C8H8N2O2. The molecule has 12 heavy (non-hydrogen) atoms. The van der Waals surface area contributed by atoms with Gasteiger partial charge in [0.05, 0.1) is 6.54 Å². The minimum Gasteiger partial charge on any atom is -0.303 e. The standard InChI is InChI=1S/C8H8N2O2/c1-3-5-10-7(11)4-6-9(2)8(10)12/h1,4,6H,5H2,2H3. The number of aryl methyl sites for hydroxylation is 1. The van der Waals surface area contributed by atoms with Gasteiger partial charge >= 0.3 is 5.69 Å². The first-order valence-electron chi connectivity index (χ1n) is 3.36. The maximum atomic E-state index is 11.2. The highest BCUT2D eigenvalue weighted by molar-refractivity contribution is 4.91. The van der Waals surface area contributed by atoms with Crippen LogP contribution < -0.4 is 11.2 Å². The van der Waals surface area contributed by atoms with E-state index in [0.29, 0.717) is 0 Å². The van der Waals surface area contributed by atoms with E-state index in [9.17, 15) is 9.59 Å². The lowest BCUT2D eigenvalue weighted by molar-refractivity contribution is 0.657. The van der Waals surface area contributed by atoms with Crippen molar-refractivity contribution < 1.29 is 0 Å². The smallest absolute Gasteiger partial charge is 0.303 e. The summed E-state index contributed by atoms with van der Waals surface area (Å²) in [5.74, 6) is 2.24. The zero-order valence-electron chi connectivity index (χ0n) is 6.65. The molecule has 0 fully saturated rings. The summed E-state index contributed by atoms with van der Waals surface area (Å²) in [6.45, 7) is 0.0202. The maximum Gasteiger partial charge on any atom is 0.331 e. The molecule has 0 unspecified atom stereocenters. The number of aromatic nitrogens is 2. The van der Waals surface area contributed by atoms with Gasteiger partial charge in [0.15, 0.2) is 0 Å². The Labute approximate surface area is 69.1 Å². The molecule has 0 spiro atoms. The molecule has 0 bridgehead atoms. The van der Waals surface area contributed by atoms with Gasteiger partial charge in [0, 0.05) is 19.3 Å². The third-order valence-electron chi connectivity index (χ3n) is 1.49. The van der Waals surface area contributed by atoms with Crippen LogP contribution in [0.25, 0.3) is 0 Å². The van der Waals surface area contributed by atoms with Gasteiger partial charge in [-0.15, -0.1) is 6.42 Å². The van der Waals surface area contributed by atoms with Crippen molar-refractivity contribution in [3.8, 4) is 12.3 Å². The summed E-state index contributed by atoms with van der Waals surface area (Å²) in [6.07, 6.45) is 6.40. The predicted octanol–water partition coefficient (Wildman–Crippen LogP) is -0.820. The second-order valence-electron chi connectivity index (χ2n) is 2.34. The number of hydrogen-bond acceptors (Lipinski definition) is 2. The van der Waals surface area contributed by atoms with Gasteiger partial charge in [-0.05, 0) is 0 Å². The molecule has 0 amide bonds. The van der Waals surface area contributed by atoms with Crippen LogP contribution >= 0.6 is 0 Å². The van der Waals surface area contributed by atoms with Crippen LogP contribution in [-0.2, 0) is 13.6 Å². The lowest BCUT2D eigenvalue weighted by Crippen LogP contribution is -2.37. The number of rotatable bonds is 1. The zero-order chi connectivity index (χ0) is 9.14. The van der Waals surface area contributed by atoms with Gasteiger partial charge in [-0.2, -0.15) is 0 Å². The number of hydrogen-bond donors (Lipinski definition) is 0. The highest BCUT2D eigenvalue weighted by Gasteiger charge is 1.98. The van der Waals surface area contributed by atoms with Gasteiger partial charge in [0.25, 0.3) is 5.56 Å². The second-order valence-corrected chi connectivity index (χ2v) is 2.34. The number of terminal acetylenes is 1. The molecule has 0 aliphatic carbocycles. The molecule has 1 aromatic heterocycles. The molecule has 0 saturated heterocycles. The highest BCUT2D eigenvalue weighted by atomic mass is 16.2. The first kappa shape index (κ1) is 8.34. The maximum absolute atomic E-state index is 11.2.